The molecule has 534 valence electrons. The molecule has 19 heteroatoms. The highest BCUT2D eigenvalue weighted by atomic mass is 31.2. The van der Waals surface area contributed by atoms with Gasteiger partial charge >= 0.3 is 39.5 Å². The molecule has 17 nitrogen and oxygen atoms in total. The molecular formula is C71H138O17P2. The summed E-state index contributed by atoms with van der Waals surface area (Å²) >= 11 is 0. The third kappa shape index (κ3) is 63.5. The van der Waals surface area contributed by atoms with Gasteiger partial charge in [0, 0.05) is 25.7 Å². The first-order chi connectivity index (χ1) is 43.1. The third-order valence-electron chi connectivity index (χ3n) is 16.7. The molecule has 0 rings (SSSR count). The Morgan fingerprint density at radius 3 is 0.789 bits per heavy atom. The van der Waals surface area contributed by atoms with Crippen LogP contribution in [0.15, 0.2) is 0 Å². The number of rotatable bonds is 68. The Bertz CT molecular complexity index is 1780. The van der Waals surface area contributed by atoms with Crippen molar-refractivity contribution in [2.75, 3.05) is 39.6 Å². The molecule has 0 saturated heterocycles. The van der Waals surface area contributed by atoms with E-state index in [9.17, 15) is 43.2 Å². The summed E-state index contributed by atoms with van der Waals surface area (Å²) in [5.74, 6) is 0.896. The van der Waals surface area contributed by atoms with Gasteiger partial charge < -0.3 is 33.8 Å². The normalized spacial score (nSPS) is 14.6. The van der Waals surface area contributed by atoms with Crippen molar-refractivity contribution in [3.8, 4) is 0 Å². The fourth-order valence-corrected chi connectivity index (χ4v) is 12.2. The lowest BCUT2D eigenvalue weighted by atomic mass is 9.99. The largest absolute Gasteiger partial charge is 0.472 e. The predicted molar refractivity (Wildman–Crippen MR) is 363 cm³/mol. The first kappa shape index (κ1) is 88.1. The van der Waals surface area contributed by atoms with E-state index in [-0.39, 0.29) is 25.7 Å². The number of phosphoric acid groups is 2. The highest BCUT2D eigenvalue weighted by Crippen LogP contribution is 2.45. The molecule has 6 atom stereocenters. The number of carbonyl (C=O) groups excluding carboxylic acids is 4. The van der Waals surface area contributed by atoms with Crippen molar-refractivity contribution >= 4 is 39.5 Å². The topological polar surface area (TPSA) is 237 Å². The SMILES string of the molecule is CCC(C)CCCCCCCCCCCCC(=O)O[C@H](COC(=O)CCCCCCCCCCCCC(C)C)COP(=O)(O)OCC(O)COP(=O)(O)OC[C@@H](COC(=O)CCCCCCCCCCC(C)C)OC(=O)CCCCCCCCCCCC(C)C. The van der Waals surface area contributed by atoms with Crippen LogP contribution in [0.5, 0.6) is 0 Å². The minimum atomic E-state index is -4.95. The fraction of sp³-hybridized carbons (Fsp3) is 0.944. The highest BCUT2D eigenvalue weighted by molar-refractivity contribution is 7.47. The first-order valence-corrected chi connectivity index (χ1v) is 39.7. The molecule has 0 aliphatic heterocycles. The Balaban J connectivity index is 5.27. The van der Waals surface area contributed by atoms with Crippen molar-refractivity contribution in [1.82, 2.24) is 0 Å². The van der Waals surface area contributed by atoms with Crippen molar-refractivity contribution < 1.29 is 80.2 Å². The molecule has 0 radical (unpaired) electrons. The Hall–Kier alpha value is -1.94. The number of hydrogen-bond donors (Lipinski definition) is 3. The number of ether oxygens (including phenoxy) is 4. The lowest BCUT2D eigenvalue weighted by Gasteiger charge is -2.21. The van der Waals surface area contributed by atoms with E-state index in [1.165, 1.54) is 154 Å². The van der Waals surface area contributed by atoms with Crippen LogP contribution in [-0.2, 0) is 65.4 Å². The number of phosphoric ester groups is 2. The van der Waals surface area contributed by atoms with Crippen molar-refractivity contribution in [1.29, 1.82) is 0 Å². The zero-order valence-corrected chi connectivity index (χ0v) is 60.6. The van der Waals surface area contributed by atoms with Gasteiger partial charge in [0.15, 0.2) is 12.2 Å². The van der Waals surface area contributed by atoms with Crippen LogP contribution in [-0.4, -0.2) is 96.7 Å². The molecule has 0 saturated carbocycles. The summed E-state index contributed by atoms with van der Waals surface area (Å²) in [5, 5.41) is 10.6. The van der Waals surface area contributed by atoms with Crippen molar-refractivity contribution in [3.63, 3.8) is 0 Å². The summed E-state index contributed by atoms with van der Waals surface area (Å²) in [6.45, 7) is 14.1. The molecule has 3 N–H and O–H groups in total. The summed E-state index contributed by atoms with van der Waals surface area (Å²) in [6, 6.07) is 0. The van der Waals surface area contributed by atoms with Gasteiger partial charge in [0.05, 0.1) is 26.4 Å². The van der Waals surface area contributed by atoms with E-state index >= 15 is 0 Å². The summed E-state index contributed by atoms with van der Waals surface area (Å²) in [4.78, 5) is 72.6. The second kappa shape index (κ2) is 60.7. The number of aliphatic hydroxyl groups is 1. The van der Waals surface area contributed by atoms with Gasteiger partial charge in [-0.05, 0) is 49.4 Å². The van der Waals surface area contributed by atoms with Gasteiger partial charge in [-0.25, -0.2) is 9.13 Å². The second-order valence-corrected chi connectivity index (χ2v) is 30.2. The number of hydrogen-bond acceptors (Lipinski definition) is 15. The van der Waals surface area contributed by atoms with Crippen LogP contribution in [0.2, 0.25) is 0 Å². The van der Waals surface area contributed by atoms with E-state index < -0.39 is 97.5 Å². The van der Waals surface area contributed by atoms with Gasteiger partial charge in [0.1, 0.15) is 19.3 Å². The molecule has 0 heterocycles. The van der Waals surface area contributed by atoms with Gasteiger partial charge in [-0.2, -0.15) is 0 Å². The van der Waals surface area contributed by atoms with Gasteiger partial charge in [-0.1, -0.05) is 299 Å². The lowest BCUT2D eigenvalue weighted by molar-refractivity contribution is -0.161. The Kier molecular flexibility index (Phi) is 59.4. The molecule has 0 aromatic heterocycles. The summed E-state index contributed by atoms with van der Waals surface area (Å²) in [6.07, 6.45) is 43.0. The molecule has 0 bridgehead atoms. The number of esters is 4. The summed E-state index contributed by atoms with van der Waals surface area (Å²) in [7, 11) is -9.91. The molecule has 0 amide bonds. The summed E-state index contributed by atoms with van der Waals surface area (Å²) in [5.41, 5.74) is 0. The molecule has 0 fully saturated rings. The van der Waals surface area contributed by atoms with Crippen LogP contribution in [0.4, 0.5) is 0 Å². The predicted octanol–water partition coefficient (Wildman–Crippen LogP) is 20.1. The maximum absolute atomic E-state index is 13.0. The summed E-state index contributed by atoms with van der Waals surface area (Å²) < 4.78 is 68.3. The van der Waals surface area contributed by atoms with E-state index in [0.717, 1.165) is 114 Å². The van der Waals surface area contributed by atoms with Crippen LogP contribution in [0.1, 0.15) is 351 Å². The molecule has 4 unspecified atom stereocenters. The molecule has 0 aliphatic carbocycles. The van der Waals surface area contributed by atoms with Gasteiger partial charge in [-0.3, -0.25) is 37.3 Å². The Labute approximate surface area is 549 Å². The monoisotopic (exact) mass is 1320 g/mol. The van der Waals surface area contributed by atoms with E-state index in [1.807, 2.05) is 0 Å². The zero-order valence-electron chi connectivity index (χ0n) is 58.8. The van der Waals surface area contributed by atoms with Crippen LogP contribution in [0.3, 0.4) is 0 Å². The fourth-order valence-electron chi connectivity index (χ4n) is 10.6. The van der Waals surface area contributed by atoms with Crippen molar-refractivity contribution in [3.05, 3.63) is 0 Å². The first-order valence-electron chi connectivity index (χ1n) is 36.7. The maximum atomic E-state index is 13.0. The molecule has 0 spiro atoms. The maximum Gasteiger partial charge on any atom is 0.472 e. The van der Waals surface area contributed by atoms with Gasteiger partial charge in [0.2, 0.25) is 0 Å². The van der Waals surface area contributed by atoms with Crippen LogP contribution in [0.25, 0.3) is 0 Å². The quantitative estimate of drug-likeness (QED) is 0.0222. The zero-order chi connectivity index (χ0) is 66.8. The second-order valence-electron chi connectivity index (χ2n) is 27.3. The minimum absolute atomic E-state index is 0.104. The lowest BCUT2D eigenvalue weighted by Crippen LogP contribution is -2.30. The van der Waals surface area contributed by atoms with Crippen molar-refractivity contribution in [2.45, 2.75) is 369 Å². The smallest absolute Gasteiger partial charge is 0.462 e. The number of carbonyl (C=O) groups is 4. The Morgan fingerprint density at radius 1 is 0.311 bits per heavy atom. The minimum Gasteiger partial charge on any atom is -0.462 e. The van der Waals surface area contributed by atoms with E-state index in [0.29, 0.717) is 25.7 Å². The molecule has 0 aromatic rings. The third-order valence-corrected chi connectivity index (χ3v) is 18.6. The Morgan fingerprint density at radius 2 is 0.533 bits per heavy atom. The van der Waals surface area contributed by atoms with E-state index in [4.69, 9.17) is 37.0 Å². The number of unbranched alkanes of at least 4 members (excludes halogenated alkanes) is 33. The van der Waals surface area contributed by atoms with Crippen LogP contribution < -0.4 is 0 Å². The van der Waals surface area contributed by atoms with Gasteiger partial charge in [-0.15, -0.1) is 0 Å². The highest BCUT2D eigenvalue weighted by Gasteiger charge is 2.30. The molecular weight excluding hydrogens is 1190 g/mol. The number of aliphatic hydroxyl groups excluding tert-OH is 1. The average Bonchev–Trinajstić information content (AvgIpc) is 3.45. The molecule has 0 aromatic carbocycles. The molecule has 90 heavy (non-hydrogen) atoms. The van der Waals surface area contributed by atoms with E-state index in [1.54, 1.807) is 0 Å². The van der Waals surface area contributed by atoms with Gasteiger partial charge in [0.25, 0.3) is 0 Å². The molecule has 0 aliphatic rings. The van der Waals surface area contributed by atoms with Crippen LogP contribution >= 0.6 is 15.6 Å². The van der Waals surface area contributed by atoms with E-state index in [2.05, 4.69) is 55.4 Å². The average molecular weight is 1330 g/mol. The van der Waals surface area contributed by atoms with Crippen LogP contribution in [0, 0.1) is 23.7 Å². The standard InChI is InChI=1S/C71H138O17P2/c1-9-64(8)50-42-34-26-17-11-13-19-29-37-45-53-70(75)87-66(57-81-68(73)51-43-35-27-18-12-10-15-23-31-39-47-61(2)3)59-85-89(77,78)83-55-65(72)56-84-90(79,80)86-60-67(58-82-69(74)52-44-36-28-22-21-25-33-41-49-63(6)7)88-71(76)54-46-38-30-20-14-16-24-32-40-48-62(4)5/h61-67,72H,9-60H2,1-8H3,(H,77,78)(H,79,80)/t64?,65?,66-,67-/m1/s1. The van der Waals surface area contributed by atoms with Crippen molar-refractivity contribution in [2.24, 2.45) is 23.7 Å².